The lowest BCUT2D eigenvalue weighted by Gasteiger charge is -2.19. The van der Waals surface area contributed by atoms with E-state index in [9.17, 15) is 14.0 Å². The van der Waals surface area contributed by atoms with Crippen molar-refractivity contribution < 1.29 is 9.18 Å². The molecule has 1 aromatic heterocycles. The molecule has 32 heavy (non-hydrogen) atoms. The van der Waals surface area contributed by atoms with E-state index in [0.717, 1.165) is 11.3 Å². The van der Waals surface area contributed by atoms with Crippen molar-refractivity contribution in [3.05, 3.63) is 100 Å². The molecule has 0 aliphatic carbocycles. The summed E-state index contributed by atoms with van der Waals surface area (Å²) < 4.78 is 15.5. The molecular weight excluding hydrogens is 425 g/mol. The van der Waals surface area contributed by atoms with E-state index in [1.54, 1.807) is 41.9 Å². The van der Waals surface area contributed by atoms with Crippen molar-refractivity contribution in [1.29, 1.82) is 0 Å². The van der Waals surface area contributed by atoms with Gasteiger partial charge in [0.25, 0.3) is 5.56 Å². The summed E-state index contributed by atoms with van der Waals surface area (Å²) in [5.41, 5.74) is 2.51. The summed E-state index contributed by atoms with van der Waals surface area (Å²) in [5, 5.41) is 0.957. The van der Waals surface area contributed by atoms with Gasteiger partial charge >= 0.3 is 0 Å². The maximum Gasteiger partial charge on any atom is 0.266 e. The number of hydrogen-bond donors (Lipinski definition) is 0. The normalized spacial score (nSPS) is 11.0. The number of rotatable bonds is 6. The lowest BCUT2D eigenvalue weighted by Crippen LogP contribution is -2.29. The van der Waals surface area contributed by atoms with E-state index in [1.807, 2.05) is 43.3 Å². The Kier molecular flexibility index (Phi) is 6.37. The highest BCUT2D eigenvalue weighted by Gasteiger charge is 2.18. The minimum absolute atomic E-state index is 0.0710. The van der Waals surface area contributed by atoms with Gasteiger partial charge in [0.15, 0.2) is 5.16 Å². The molecule has 0 radical (unpaired) electrons. The molecule has 5 nitrogen and oxygen atoms in total. The Morgan fingerprint density at radius 3 is 2.50 bits per heavy atom. The summed E-state index contributed by atoms with van der Waals surface area (Å²) in [4.78, 5) is 32.2. The summed E-state index contributed by atoms with van der Waals surface area (Å²) in [5.74, 6) is -0.455. The smallest absolute Gasteiger partial charge is 0.266 e. The number of para-hydroxylation sites is 2. The van der Waals surface area contributed by atoms with Crippen LogP contribution in [0.15, 0.2) is 82.7 Å². The van der Waals surface area contributed by atoms with Gasteiger partial charge in [-0.1, -0.05) is 60.3 Å². The number of benzene rings is 3. The van der Waals surface area contributed by atoms with Crippen LogP contribution in [0, 0.1) is 12.7 Å². The largest absolute Gasteiger partial charge is 0.341 e. The van der Waals surface area contributed by atoms with E-state index in [4.69, 9.17) is 0 Å². The van der Waals surface area contributed by atoms with Crippen LogP contribution in [0.4, 0.5) is 4.39 Å². The maximum absolute atomic E-state index is 13.9. The molecule has 3 aromatic carbocycles. The lowest BCUT2D eigenvalue weighted by molar-refractivity contribution is -0.127. The average molecular weight is 448 g/mol. The zero-order chi connectivity index (χ0) is 22.7. The highest BCUT2D eigenvalue weighted by atomic mass is 32.2. The number of halogens is 1. The molecular formula is C25H22FN3O2S. The second kappa shape index (κ2) is 9.36. The molecule has 0 saturated heterocycles. The minimum Gasteiger partial charge on any atom is -0.341 e. The van der Waals surface area contributed by atoms with Crippen LogP contribution in [-0.4, -0.2) is 33.2 Å². The van der Waals surface area contributed by atoms with E-state index in [1.165, 1.54) is 22.7 Å². The quantitative estimate of drug-likeness (QED) is 0.321. The third-order valence-corrected chi connectivity index (χ3v) is 6.14. The first-order valence-electron chi connectivity index (χ1n) is 10.1. The van der Waals surface area contributed by atoms with Gasteiger partial charge in [-0.15, -0.1) is 0 Å². The van der Waals surface area contributed by atoms with Crippen molar-refractivity contribution in [2.75, 3.05) is 12.8 Å². The highest BCUT2D eigenvalue weighted by molar-refractivity contribution is 7.99. The molecule has 0 unspecified atom stereocenters. The Morgan fingerprint density at radius 1 is 1.03 bits per heavy atom. The number of aromatic nitrogens is 2. The predicted molar refractivity (Wildman–Crippen MR) is 126 cm³/mol. The Bertz CT molecular complexity index is 1350. The minimum atomic E-state index is -0.343. The van der Waals surface area contributed by atoms with Crippen LogP contribution >= 0.6 is 11.8 Å². The molecule has 0 bridgehead atoms. The fourth-order valence-corrected chi connectivity index (χ4v) is 4.39. The SMILES string of the molecule is Cc1ccccc1-n1c(SCC(=O)N(C)Cc2ccccc2F)nc2ccccc2c1=O. The van der Waals surface area contributed by atoms with Crippen LogP contribution in [0.2, 0.25) is 0 Å². The molecule has 4 aromatic rings. The van der Waals surface area contributed by atoms with E-state index in [2.05, 4.69) is 4.98 Å². The van der Waals surface area contributed by atoms with E-state index >= 15 is 0 Å². The summed E-state index contributed by atoms with van der Waals surface area (Å²) >= 11 is 1.20. The number of nitrogens with zero attached hydrogens (tertiary/aromatic N) is 3. The second-order valence-electron chi connectivity index (χ2n) is 7.47. The van der Waals surface area contributed by atoms with E-state index < -0.39 is 0 Å². The van der Waals surface area contributed by atoms with Crippen molar-refractivity contribution in [2.24, 2.45) is 0 Å². The standard InChI is InChI=1S/C25H22FN3O2S/c1-17-9-3-8-14-22(17)29-24(31)19-11-5-7-13-21(19)27-25(29)32-16-23(30)28(2)15-18-10-4-6-12-20(18)26/h3-14H,15-16H2,1-2H3. The van der Waals surface area contributed by atoms with Crippen LogP contribution in [0.1, 0.15) is 11.1 Å². The van der Waals surface area contributed by atoms with Gasteiger partial charge in [-0.05, 0) is 36.8 Å². The topological polar surface area (TPSA) is 55.2 Å². The van der Waals surface area contributed by atoms with Crippen LogP contribution in [0.25, 0.3) is 16.6 Å². The van der Waals surface area contributed by atoms with Crippen molar-refractivity contribution in [1.82, 2.24) is 14.5 Å². The number of thioether (sulfide) groups is 1. The van der Waals surface area contributed by atoms with Gasteiger partial charge < -0.3 is 4.90 Å². The Morgan fingerprint density at radius 2 is 1.72 bits per heavy atom. The van der Waals surface area contributed by atoms with Gasteiger partial charge in [-0.25, -0.2) is 9.37 Å². The zero-order valence-corrected chi connectivity index (χ0v) is 18.6. The number of hydrogen-bond acceptors (Lipinski definition) is 4. The molecule has 0 saturated carbocycles. The first-order chi connectivity index (χ1) is 15.5. The van der Waals surface area contributed by atoms with E-state index in [0.29, 0.717) is 21.6 Å². The van der Waals surface area contributed by atoms with Gasteiger partial charge in [0.2, 0.25) is 5.91 Å². The summed E-state index contributed by atoms with van der Waals surface area (Å²) in [6.45, 7) is 2.10. The number of carbonyl (C=O) groups excluding carboxylic acids is 1. The van der Waals surface area contributed by atoms with Crippen molar-refractivity contribution in [3.63, 3.8) is 0 Å². The second-order valence-corrected chi connectivity index (χ2v) is 8.41. The van der Waals surface area contributed by atoms with Gasteiger partial charge in [-0.2, -0.15) is 0 Å². The Labute approximate surface area is 189 Å². The summed E-state index contributed by atoms with van der Waals surface area (Å²) in [6, 6.07) is 21.1. The third-order valence-electron chi connectivity index (χ3n) is 5.22. The molecule has 162 valence electrons. The predicted octanol–water partition coefficient (Wildman–Crippen LogP) is 4.58. The molecule has 0 N–H and O–H groups in total. The average Bonchev–Trinajstić information content (AvgIpc) is 2.80. The Hall–Kier alpha value is -3.45. The number of amides is 1. The molecule has 0 aliphatic rings. The van der Waals surface area contributed by atoms with Crippen LogP contribution in [0.5, 0.6) is 0 Å². The molecule has 1 amide bonds. The van der Waals surface area contributed by atoms with Crippen molar-refractivity contribution in [3.8, 4) is 5.69 Å². The Balaban J connectivity index is 1.64. The molecule has 0 aliphatic heterocycles. The van der Waals surface area contributed by atoms with Crippen LogP contribution in [0.3, 0.4) is 0 Å². The molecule has 0 spiro atoms. The fourth-order valence-electron chi connectivity index (χ4n) is 3.44. The molecule has 7 heteroatoms. The van der Waals surface area contributed by atoms with Crippen molar-refractivity contribution >= 4 is 28.6 Å². The molecule has 0 fully saturated rings. The van der Waals surface area contributed by atoms with E-state index in [-0.39, 0.29) is 29.6 Å². The van der Waals surface area contributed by atoms with Crippen molar-refractivity contribution in [2.45, 2.75) is 18.6 Å². The molecule has 1 heterocycles. The van der Waals surface area contributed by atoms with Crippen LogP contribution in [-0.2, 0) is 11.3 Å². The molecule has 4 rings (SSSR count). The summed E-state index contributed by atoms with van der Waals surface area (Å²) in [7, 11) is 1.64. The summed E-state index contributed by atoms with van der Waals surface area (Å²) in [6.07, 6.45) is 0. The fraction of sp³-hybridized carbons (Fsp3) is 0.160. The highest BCUT2D eigenvalue weighted by Crippen LogP contribution is 2.23. The zero-order valence-electron chi connectivity index (χ0n) is 17.8. The number of fused-ring (bicyclic) bond motifs is 1. The third kappa shape index (κ3) is 4.43. The first-order valence-corrected chi connectivity index (χ1v) is 11.1. The van der Waals surface area contributed by atoms with Gasteiger partial charge in [0.05, 0.1) is 22.3 Å². The number of aryl methyl sites for hydroxylation is 1. The van der Waals surface area contributed by atoms with Gasteiger partial charge in [0.1, 0.15) is 5.82 Å². The first kappa shape index (κ1) is 21.8. The number of carbonyl (C=O) groups is 1. The monoisotopic (exact) mass is 447 g/mol. The maximum atomic E-state index is 13.9. The molecule has 0 atom stereocenters. The lowest BCUT2D eigenvalue weighted by atomic mass is 10.2. The van der Waals surface area contributed by atoms with Gasteiger partial charge in [-0.3, -0.25) is 14.2 Å². The van der Waals surface area contributed by atoms with Crippen LogP contribution < -0.4 is 5.56 Å². The van der Waals surface area contributed by atoms with Gasteiger partial charge in [0, 0.05) is 19.2 Å².